The van der Waals surface area contributed by atoms with Crippen LogP contribution >= 0.6 is 0 Å². The Morgan fingerprint density at radius 2 is 1.55 bits per heavy atom. The SMILES string of the molecule is COc1ccccc1C(=O)NC1CCN(C(=O)[C@H]2CC[C@](C(N)=O)(c3ccccc3)c3ccccc32)CC1. The highest BCUT2D eigenvalue weighted by Gasteiger charge is 2.47. The molecular weight excluding hydrogens is 478 g/mol. The predicted molar refractivity (Wildman–Crippen MR) is 145 cm³/mol. The Hall–Kier alpha value is -4.13. The van der Waals surface area contributed by atoms with E-state index in [1.54, 1.807) is 19.2 Å². The number of rotatable bonds is 6. The van der Waals surface area contributed by atoms with Crippen molar-refractivity contribution >= 4 is 17.7 Å². The molecule has 3 aromatic carbocycles. The summed E-state index contributed by atoms with van der Waals surface area (Å²) in [6.07, 6.45) is 2.37. The topological polar surface area (TPSA) is 102 Å². The van der Waals surface area contributed by atoms with Gasteiger partial charge in [0, 0.05) is 19.1 Å². The van der Waals surface area contributed by atoms with E-state index < -0.39 is 11.3 Å². The zero-order valence-corrected chi connectivity index (χ0v) is 21.6. The van der Waals surface area contributed by atoms with E-state index in [1.165, 1.54) is 0 Å². The van der Waals surface area contributed by atoms with Crippen LogP contribution in [-0.4, -0.2) is 48.9 Å². The van der Waals surface area contributed by atoms with Crippen molar-refractivity contribution < 1.29 is 19.1 Å². The molecule has 3 aromatic rings. The number of likely N-dealkylation sites (tertiary alicyclic amines) is 1. The molecule has 1 aliphatic heterocycles. The molecule has 38 heavy (non-hydrogen) atoms. The maximum absolute atomic E-state index is 13.8. The second-order valence-corrected chi connectivity index (χ2v) is 10.1. The second-order valence-electron chi connectivity index (χ2n) is 10.1. The van der Waals surface area contributed by atoms with Crippen LogP contribution in [0.2, 0.25) is 0 Å². The van der Waals surface area contributed by atoms with Crippen molar-refractivity contribution in [2.75, 3.05) is 20.2 Å². The van der Waals surface area contributed by atoms with E-state index >= 15 is 0 Å². The summed E-state index contributed by atoms with van der Waals surface area (Å²) >= 11 is 0. The summed E-state index contributed by atoms with van der Waals surface area (Å²) in [6.45, 7) is 1.13. The van der Waals surface area contributed by atoms with E-state index in [0.29, 0.717) is 50.1 Å². The number of ether oxygens (including phenoxy) is 1. The average Bonchev–Trinajstić information content (AvgIpc) is 2.97. The fraction of sp³-hybridized carbons (Fsp3) is 0.323. The van der Waals surface area contributed by atoms with Gasteiger partial charge in [-0.3, -0.25) is 14.4 Å². The number of methoxy groups -OCH3 is 1. The highest BCUT2D eigenvalue weighted by atomic mass is 16.5. The molecule has 0 unspecified atom stereocenters. The summed E-state index contributed by atoms with van der Waals surface area (Å²) in [7, 11) is 1.55. The third-order valence-electron chi connectivity index (χ3n) is 8.08. The van der Waals surface area contributed by atoms with Gasteiger partial charge in [0.05, 0.1) is 24.0 Å². The van der Waals surface area contributed by atoms with E-state index in [2.05, 4.69) is 5.32 Å². The number of nitrogens with two attached hydrogens (primary N) is 1. The van der Waals surface area contributed by atoms with Crippen LogP contribution < -0.4 is 15.8 Å². The molecule has 7 heteroatoms. The molecule has 196 valence electrons. The van der Waals surface area contributed by atoms with Crippen molar-refractivity contribution in [1.29, 1.82) is 0 Å². The maximum Gasteiger partial charge on any atom is 0.255 e. The van der Waals surface area contributed by atoms with Gasteiger partial charge in [0.15, 0.2) is 0 Å². The third kappa shape index (κ3) is 4.53. The van der Waals surface area contributed by atoms with Gasteiger partial charge in [-0.1, -0.05) is 66.7 Å². The molecule has 0 aromatic heterocycles. The van der Waals surface area contributed by atoms with Crippen molar-refractivity contribution in [2.45, 2.75) is 43.1 Å². The van der Waals surface area contributed by atoms with Crippen LogP contribution in [-0.2, 0) is 15.0 Å². The van der Waals surface area contributed by atoms with Crippen molar-refractivity contribution in [1.82, 2.24) is 10.2 Å². The normalized spacial score (nSPS) is 21.3. The van der Waals surface area contributed by atoms with Crippen LogP contribution in [0.4, 0.5) is 0 Å². The predicted octanol–water partition coefficient (Wildman–Crippen LogP) is 3.77. The minimum absolute atomic E-state index is 0.0179. The molecule has 2 atom stereocenters. The Balaban J connectivity index is 1.30. The van der Waals surface area contributed by atoms with Gasteiger partial charge in [0.1, 0.15) is 5.75 Å². The Bertz CT molecular complexity index is 1330. The lowest BCUT2D eigenvalue weighted by Gasteiger charge is -2.42. The number of fused-ring (bicyclic) bond motifs is 1. The molecule has 3 N–H and O–H groups in total. The molecule has 7 nitrogen and oxygen atoms in total. The van der Waals surface area contributed by atoms with Gasteiger partial charge < -0.3 is 20.7 Å². The fourth-order valence-electron chi connectivity index (χ4n) is 6.08. The number of piperidine rings is 1. The van der Waals surface area contributed by atoms with Gasteiger partial charge in [-0.15, -0.1) is 0 Å². The molecule has 2 aliphatic rings. The van der Waals surface area contributed by atoms with Gasteiger partial charge in [-0.2, -0.15) is 0 Å². The van der Waals surface area contributed by atoms with Crippen molar-refractivity contribution in [3.8, 4) is 5.75 Å². The van der Waals surface area contributed by atoms with Crippen LogP contribution in [0.15, 0.2) is 78.9 Å². The molecule has 1 heterocycles. The highest BCUT2D eigenvalue weighted by Crippen LogP contribution is 2.47. The van der Waals surface area contributed by atoms with E-state index in [9.17, 15) is 14.4 Å². The van der Waals surface area contributed by atoms with Crippen LogP contribution in [0.1, 0.15) is 58.6 Å². The lowest BCUT2D eigenvalue weighted by atomic mass is 9.62. The zero-order chi connectivity index (χ0) is 26.7. The summed E-state index contributed by atoms with van der Waals surface area (Å²) in [6, 6.07) is 24.5. The third-order valence-corrected chi connectivity index (χ3v) is 8.08. The summed E-state index contributed by atoms with van der Waals surface area (Å²) in [5.74, 6) is -0.290. The van der Waals surface area contributed by atoms with Crippen LogP contribution in [0, 0.1) is 0 Å². The van der Waals surface area contributed by atoms with Gasteiger partial charge in [0.2, 0.25) is 11.8 Å². The fourth-order valence-corrected chi connectivity index (χ4v) is 6.08. The molecule has 0 bridgehead atoms. The Morgan fingerprint density at radius 1 is 0.895 bits per heavy atom. The quantitative estimate of drug-likeness (QED) is 0.526. The molecule has 0 saturated carbocycles. The van der Waals surface area contributed by atoms with E-state index in [1.807, 2.05) is 71.6 Å². The van der Waals surface area contributed by atoms with Gasteiger partial charge in [-0.25, -0.2) is 0 Å². The van der Waals surface area contributed by atoms with Crippen molar-refractivity contribution in [3.05, 3.63) is 101 Å². The number of benzene rings is 3. The molecule has 5 rings (SSSR count). The summed E-state index contributed by atoms with van der Waals surface area (Å²) < 4.78 is 5.31. The molecule has 1 saturated heterocycles. The first-order valence-corrected chi connectivity index (χ1v) is 13.1. The molecule has 0 radical (unpaired) electrons. The number of nitrogens with one attached hydrogen (secondary N) is 1. The largest absolute Gasteiger partial charge is 0.496 e. The van der Waals surface area contributed by atoms with Gasteiger partial charge in [0.25, 0.3) is 5.91 Å². The van der Waals surface area contributed by atoms with Crippen molar-refractivity contribution in [3.63, 3.8) is 0 Å². The summed E-state index contributed by atoms with van der Waals surface area (Å²) in [4.78, 5) is 41.5. The van der Waals surface area contributed by atoms with E-state index in [4.69, 9.17) is 10.5 Å². The standard InChI is InChI=1S/C31H33N3O4/c1-38-27-14-8-6-12-25(27)28(35)33-22-16-19-34(20-17-22)29(36)24-15-18-31(30(32)37,21-9-3-2-4-10-21)26-13-7-5-11-23(24)26/h2-14,22,24H,15-20H2,1H3,(H2,32,37)(H,33,35)/t24-,31-/m0/s1. The molecule has 1 fully saturated rings. The average molecular weight is 512 g/mol. The van der Waals surface area contributed by atoms with Crippen molar-refractivity contribution in [2.24, 2.45) is 5.73 Å². The first kappa shape index (κ1) is 25.5. The number of carbonyl (C=O) groups is 3. The Morgan fingerprint density at radius 3 is 2.26 bits per heavy atom. The number of hydrogen-bond acceptors (Lipinski definition) is 4. The summed E-state index contributed by atoms with van der Waals surface area (Å²) in [5.41, 5.74) is 8.15. The number of amides is 3. The second kappa shape index (κ2) is 10.7. The Labute approximate surface area is 223 Å². The Kier molecular flexibility index (Phi) is 7.18. The van der Waals surface area contributed by atoms with Gasteiger partial charge >= 0.3 is 0 Å². The first-order chi connectivity index (χ1) is 18.5. The highest BCUT2D eigenvalue weighted by molar-refractivity contribution is 5.97. The lowest BCUT2D eigenvalue weighted by molar-refractivity contribution is -0.135. The number of carbonyl (C=O) groups excluding carboxylic acids is 3. The minimum atomic E-state index is -0.954. The number of para-hydroxylation sites is 1. The van der Waals surface area contributed by atoms with Crippen LogP contribution in [0.5, 0.6) is 5.75 Å². The molecular formula is C31H33N3O4. The minimum Gasteiger partial charge on any atom is -0.496 e. The first-order valence-electron chi connectivity index (χ1n) is 13.1. The van der Waals surface area contributed by atoms with E-state index in [0.717, 1.165) is 16.7 Å². The molecule has 1 aliphatic carbocycles. The zero-order valence-electron chi connectivity index (χ0n) is 21.6. The lowest BCUT2D eigenvalue weighted by Crippen LogP contribution is -2.50. The smallest absolute Gasteiger partial charge is 0.255 e. The monoisotopic (exact) mass is 511 g/mol. The number of primary amides is 1. The van der Waals surface area contributed by atoms with Crippen LogP contribution in [0.25, 0.3) is 0 Å². The summed E-state index contributed by atoms with van der Waals surface area (Å²) in [5, 5.41) is 3.10. The maximum atomic E-state index is 13.8. The van der Waals surface area contributed by atoms with E-state index in [-0.39, 0.29) is 23.8 Å². The molecule has 0 spiro atoms. The van der Waals surface area contributed by atoms with Crippen LogP contribution in [0.3, 0.4) is 0 Å². The molecule has 3 amide bonds. The number of hydrogen-bond donors (Lipinski definition) is 2. The van der Waals surface area contributed by atoms with Gasteiger partial charge in [-0.05, 0) is 54.5 Å². The number of nitrogens with zero attached hydrogens (tertiary/aromatic N) is 1.